The van der Waals surface area contributed by atoms with E-state index in [1.807, 2.05) is 18.2 Å². The van der Waals surface area contributed by atoms with Crippen molar-refractivity contribution in [1.82, 2.24) is 0 Å². The zero-order chi connectivity index (χ0) is 15.7. The Morgan fingerprint density at radius 3 is 2.55 bits per heavy atom. The molecule has 2 aromatic rings. The molecule has 0 bridgehead atoms. The summed E-state index contributed by atoms with van der Waals surface area (Å²) in [5.74, 6) is 0.959. The van der Waals surface area contributed by atoms with Gasteiger partial charge in [0.15, 0.2) is 17.2 Å². The number of nitrogens with zero attached hydrogens (tertiary/aromatic N) is 1. The van der Waals surface area contributed by atoms with E-state index in [0.29, 0.717) is 5.75 Å². The standard InChI is InChI=1S/C18H19NO3/c1-19-8-7-13-10-18(22-2)17(21)11-15(13)16(19)9-12-3-5-14(20)6-4-12/h3-6,10-11H,7-9H2,1-2H3,(H-,20,21)/p+1. The average Bonchev–Trinajstić information content (AvgIpc) is 2.52. The van der Waals surface area contributed by atoms with Crippen LogP contribution in [0.5, 0.6) is 17.2 Å². The maximum atomic E-state index is 10.1. The van der Waals surface area contributed by atoms with Gasteiger partial charge in [-0.25, -0.2) is 4.58 Å². The lowest BCUT2D eigenvalue weighted by molar-refractivity contribution is -0.498. The summed E-state index contributed by atoms with van der Waals surface area (Å²) in [4.78, 5) is 0. The van der Waals surface area contributed by atoms with Gasteiger partial charge in [0.25, 0.3) is 0 Å². The fourth-order valence-electron chi connectivity index (χ4n) is 2.92. The molecular formula is C18H20NO3+. The second-order valence-electron chi connectivity index (χ2n) is 5.64. The average molecular weight is 298 g/mol. The molecule has 0 radical (unpaired) electrons. The summed E-state index contributed by atoms with van der Waals surface area (Å²) in [7, 11) is 3.64. The first kappa shape index (κ1) is 14.4. The van der Waals surface area contributed by atoms with Gasteiger partial charge in [-0.05, 0) is 35.4 Å². The number of benzene rings is 2. The predicted octanol–water partition coefficient (Wildman–Crippen LogP) is 2.34. The van der Waals surface area contributed by atoms with Gasteiger partial charge in [0.05, 0.1) is 13.5 Å². The van der Waals surface area contributed by atoms with Crippen LogP contribution in [0.25, 0.3) is 0 Å². The molecule has 0 fully saturated rings. The van der Waals surface area contributed by atoms with Crippen molar-refractivity contribution in [2.75, 3.05) is 20.7 Å². The molecule has 1 heterocycles. The smallest absolute Gasteiger partial charge is 0.187 e. The number of phenols is 2. The van der Waals surface area contributed by atoms with Gasteiger partial charge in [0, 0.05) is 12.0 Å². The Bertz CT molecular complexity index is 733. The third-order valence-corrected chi connectivity index (χ3v) is 4.20. The van der Waals surface area contributed by atoms with Crippen molar-refractivity contribution in [2.45, 2.75) is 12.8 Å². The van der Waals surface area contributed by atoms with Gasteiger partial charge in [-0.3, -0.25) is 0 Å². The maximum Gasteiger partial charge on any atom is 0.187 e. The monoisotopic (exact) mass is 298 g/mol. The third-order valence-electron chi connectivity index (χ3n) is 4.20. The van der Waals surface area contributed by atoms with Gasteiger partial charge in [-0.15, -0.1) is 0 Å². The number of likely N-dealkylation sites (N-methyl/N-ethyl adjacent to an activating group) is 1. The van der Waals surface area contributed by atoms with Crippen LogP contribution in [0.1, 0.15) is 16.7 Å². The second-order valence-corrected chi connectivity index (χ2v) is 5.64. The molecule has 22 heavy (non-hydrogen) atoms. The molecule has 0 aromatic heterocycles. The summed E-state index contributed by atoms with van der Waals surface area (Å²) < 4.78 is 7.43. The lowest BCUT2D eigenvalue weighted by Crippen LogP contribution is -2.28. The van der Waals surface area contributed by atoms with Crippen molar-refractivity contribution in [3.8, 4) is 17.2 Å². The molecule has 0 saturated heterocycles. The van der Waals surface area contributed by atoms with Gasteiger partial charge in [-0.1, -0.05) is 12.1 Å². The van der Waals surface area contributed by atoms with Crippen LogP contribution in [0.15, 0.2) is 36.4 Å². The lowest BCUT2D eigenvalue weighted by Gasteiger charge is -2.18. The van der Waals surface area contributed by atoms with Crippen LogP contribution in [-0.2, 0) is 12.8 Å². The topological polar surface area (TPSA) is 52.7 Å². The minimum atomic E-state index is 0.166. The van der Waals surface area contributed by atoms with E-state index in [9.17, 15) is 10.2 Å². The van der Waals surface area contributed by atoms with E-state index >= 15 is 0 Å². The molecule has 4 nitrogen and oxygen atoms in total. The van der Waals surface area contributed by atoms with Gasteiger partial charge in [0.2, 0.25) is 0 Å². The van der Waals surface area contributed by atoms with Crippen molar-refractivity contribution in [1.29, 1.82) is 0 Å². The van der Waals surface area contributed by atoms with Gasteiger partial charge in [-0.2, -0.15) is 0 Å². The molecule has 0 aliphatic carbocycles. The van der Waals surface area contributed by atoms with Crippen molar-refractivity contribution in [3.05, 3.63) is 53.1 Å². The summed E-state index contributed by atoms with van der Waals surface area (Å²) in [5, 5.41) is 19.5. The number of ether oxygens (including phenoxy) is 1. The number of aromatic hydroxyl groups is 2. The third kappa shape index (κ3) is 2.64. The molecule has 2 N–H and O–H groups in total. The fourth-order valence-corrected chi connectivity index (χ4v) is 2.92. The first-order chi connectivity index (χ1) is 10.6. The van der Waals surface area contributed by atoms with Gasteiger partial charge >= 0.3 is 0 Å². The highest BCUT2D eigenvalue weighted by atomic mass is 16.5. The Labute approximate surface area is 129 Å². The zero-order valence-corrected chi connectivity index (χ0v) is 12.8. The van der Waals surface area contributed by atoms with Crippen molar-refractivity contribution in [2.24, 2.45) is 0 Å². The quantitative estimate of drug-likeness (QED) is 0.855. The highest BCUT2D eigenvalue weighted by Gasteiger charge is 2.25. The minimum Gasteiger partial charge on any atom is -0.508 e. The molecule has 4 heteroatoms. The molecule has 114 valence electrons. The molecule has 0 unspecified atom stereocenters. The highest BCUT2D eigenvalue weighted by molar-refractivity contribution is 6.00. The van der Waals surface area contributed by atoms with Crippen molar-refractivity contribution >= 4 is 5.71 Å². The van der Waals surface area contributed by atoms with Crippen LogP contribution in [0, 0.1) is 0 Å². The number of methoxy groups -OCH3 is 1. The molecule has 0 amide bonds. The molecule has 1 aliphatic heterocycles. The number of hydrogen-bond donors (Lipinski definition) is 2. The zero-order valence-electron chi connectivity index (χ0n) is 12.8. The van der Waals surface area contributed by atoms with E-state index in [2.05, 4.69) is 11.6 Å². The van der Waals surface area contributed by atoms with Crippen LogP contribution in [0.4, 0.5) is 0 Å². The first-order valence-corrected chi connectivity index (χ1v) is 7.33. The Morgan fingerprint density at radius 1 is 1.14 bits per heavy atom. The Hall–Kier alpha value is -2.49. The molecule has 2 aromatic carbocycles. The molecule has 0 atom stereocenters. The molecule has 0 spiro atoms. The van der Waals surface area contributed by atoms with Crippen LogP contribution < -0.4 is 4.74 Å². The molecular weight excluding hydrogens is 278 g/mol. The number of hydrogen-bond acceptors (Lipinski definition) is 3. The fraction of sp³-hybridized carbons (Fsp3) is 0.278. The van der Waals surface area contributed by atoms with Crippen molar-refractivity contribution in [3.63, 3.8) is 0 Å². The van der Waals surface area contributed by atoms with Crippen LogP contribution in [-0.4, -0.2) is 41.2 Å². The van der Waals surface area contributed by atoms with Crippen molar-refractivity contribution < 1.29 is 19.5 Å². The van der Waals surface area contributed by atoms with E-state index < -0.39 is 0 Å². The number of phenolic OH excluding ortho intramolecular Hbond substituents is 2. The largest absolute Gasteiger partial charge is 0.508 e. The first-order valence-electron chi connectivity index (χ1n) is 7.33. The summed E-state index contributed by atoms with van der Waals surface area (Å²) >= 11 is 0. The van der Waals surface area contributed by atoms with E-state index in [4.69, 9.17) is 4.74 Å². The lowest BCUT2D eigenvalue weighted by atomic mass is 9.92. The van der Waals surface area contributed by atoms with E-state index in [1.54, 1.807) is 25.3 Å². The molecule has 0 saturated carbocycles. The minimum absolute atomic E-state index is 0.166. The van der Waals surface area contributed by atoms with Crippen LogP contribution in [0.2, 0.25) is 0 Å². The van der Waals surface area contributed by atoms with Gasteiger partial charge in [0.1, 0.15) is 19.3 Å². The van der Waals surface area contributed by atoms with Gasteiger partial charge < -0.3 is 14.9 Å². The Balaban J connectivity index is 2.01. The highest BCUT2D eigenvalue weighted by Crippen LogP contribution is 2.32. The summed E-state index contributed by atoms with van der Waals surface area (Å²) in [5.41, 5.74) is 4.56. The van der Waals surface area contributed by atoms with E-state index in [-0.39, 0.29) is 11.5 Å². The summed E-state index contributed by atoms with van der Waals surface area (Å²) in [6.45, 7) is 0.939. The summed E-state index contributed by atoms with van der Waals surface area (Å²) in [6.07, 6.45) is 1.69. The SMILES string of the molecule is COc1cc2c(cc1O)C(Cc1ccc(O)cc1)=[N+](C)CC2. The number of fused-ring (bicyclic) bond motifs is 1. The van der Waals surface area contributed by atoms with Crippen LogP contribution in [0.3, 0.4) is 0 Å². The molecule has 1 aliphatic rings. The maximum absolute atomic E-state index is 10.1. The summed E-state index contributed by atoms with van der Waals surface area (Å²) in [6, 6.07) is 11.0. The van der Waals surface area contributed by atoms with E-state index in [1.165, 1.54) is 11.3 Å². The van der Waals surface area contributed by atoms with E-state index in [0.717, 1.165) is 30.5 Å². The Kier molecular flexibility index (Phi) is 3.75. The van der Waals surface area contributed by atoms with Crippen LogP contribution >= 0.6 is 0 Å². The predicted molar refractivity (Wildman–Crippen MR) is 85.3 cm³/mol. The molecule has 3 rings (SSSR count). The normalized spacial score (nSPS) is 13.9. The Morgan fingerprint density at radius 2 is 1.86 bits per heavy atom. The number of rotatable bonds is 3. The second kappa shape index (κ2) is 5.72.